The van der Waals surface area contributed by atoms with E-state index in [-0.39, 0.29) is 23.0 Å². The number of anilines is 6. The summed E-state index contributed by atoms with van der Waals surface area (Å²) in [6, 6.07) is 61.9. The predicted molar refractivity (Wildman–Crippen MR) is 284 cm³/mol. The summed E-state index contributed by atoms with van der Waals surface area (Å²) >= 11 is 2.00. The number of furan rings is 1. The second-order valence-electron chi connectivity index (χ2n) is 21.3. The fraction of sp³-hybridized carbons (Fsp3) is 0.180. The zero-order chi connectivity index (χ0) is 45.0. The largest absolute Gasteiger partial charge is 0.456 e. The average molecular weight is 871 g/mol. The van der Waals surface area contributed by atoms with Crippen molar-refractivity contribution in [3.63, 3.8) is 0 Å². The Hall–Kier alpha value is -6.82. The standard InChI is InChI=1S/C61H51BN2OS/c1-59(2,3)38-25-28-40(29-26-38)63-50-31-37(36-17-10-9-11-18-36)32-51-56(50)62(58-57(63)44-34-43-41-19-12-14-21-45(41)61(7,8)46(43)35-54(44)66-58)47-33-39(60(4,5)6)27-30-48(47)64(51)49-22-16-24-53-55(49)42-20-13-15-23-52(42)65-53/h9-35H,1-8H3. The number of rotatable bonds is 3. The van der Waals surface area contributed by atoms with Crippen molar-refractivity contribution in [3.8, 4) is 22.3 Å². The molecule has 13 rings (SSSR count). The van der Waals surface area contributed by atoms with Gasteiger partial charge in [-0.05, 0) is 127 Å². The van der Waals surface area contributed by atoms with Crippen LogP contribution in [0.2, 0.25) is 0 Å². The van der Waals surface area contributed by atoms with Crippen molar-refractivity contribution in [1.29, 1.82) is 0 Å². The number of hydrogen-bond donors (Lipinski definition) is 0. The normalized spacial score (nSPS) is 14.7. The van der Waals surface area contributed by atoms with Crippen molar-refractivity contribution in [2.24, 2.45) is 0 Å². The third-order valence-electron chi connectivity index (χ3n) is 15.0. The molecule has 66 heavy (non-hydrogen) atoms. The van der Waals surface area contributed by atoms with Gasteiger partial charge in [0.05, 0.1) is 16.8 Å². The topological polar surface area (TPSA) is 19.6 Å². The highest BCUT2D eigenvalue weighted by molar-refractivity contribution is 7.33. The zero-order valence-corrected chi connectivity index (χ0v) is 39.7. The van der Waals surface area contributed by atoms with Crippen molar-refractivity contribution in [2.75, 3.05) is 9.80 Å². The molecule has 8 aromatic carbocycles. The van der Waals surface area contributed by atoms with Gasteiger partial charge in [-0.3, -0.25) is 0 Å². The summed E-state index contributed by atoms with van der Waals surface area (Å²) < 4.78 is 9.34. The smallest absolute Gasteiger partial charge is 0.264 e. The fourth-order valence-corrected chi connectivity index (χ4v) is 12.9. The predicted octanol–water partition coefficient (Wildman–Crippen LogP) is 15.5. The minimum Gasteiger partial charge on any atom is -0.456 e. The summed E-state index contributed by atoms with van der Waals surface area (Å²) in [5.74, 6) is 0. The van der Waals surface area contributed by atoms with Crippen LogP contribution in [0, 0.1) is 0 Å². The van der Waals surface area contributed by atoms with E-state index in [1.165, 1.54) is 98.7 Å². The first kappa shape index (κ1) is 39.5. The maximum absolute atomic E-state index is 6.62. The van der Waals surface area contributed by atoms with Gasteiger partial charge in [-0.2, -0.15) is 0 Å². The molecule has 0 spiro atoms. The second kappa shape index (κ2) is 13.6. The number of hydrogen-bond acceptors (Lipinski definition) is 4. The van der Waals surface area contributed by atoms with E-state index in [2.05, 4.69) is 229 Å². The van der Waals surface area contributed by atoms with Gasteiger partial charge in [0.25, 0.3) is 6.71 Å². The van der Waals surface area contributed by atoms with Gasteiger partial charge in [0.15, 0.2) is 0 Å². The lowest BCUT2D eigenvalue weighted by Gasteiger charge is -2.44. The first-order valence-electron chi connectivity index (χ1n) is 23.5. The van der Waals surface area contributed by atoms with E-state index in [1.807, 2.05) is 11.3 Å². The number of fused-ring (bicyclic) bond motifs is 12. The second-order valence-corrected chi connectivity index (χ2v) is 22.4. The molecule has 2 aromatic heterocycles. The van der Waals surface area contributed by atoms with Crippen LogP contribution in [-0.4, -0.2) is 6.71 Å². The molecular formula is C61H51BN2OS. The van der Waals surface area contributed by atoms with Gasteiger partial charge in [-0.25, -0.2) is 0 Å². The minimum absolute atomic E-state index is 0.0127. The van der Waals surface area contributed by atoms with Crippen LogP contribution < -0.4 is 25.5 Å². The molecule has 0 saturated carbocycles. The molecule has 4 heterocycles. The molecule has 0 unspecified atom stereocenters. The Bertz CT molecular complexity index is 3660. The number of benzene rings is 8. The molecule has 10 aromatic rings. The number of para-hydroxylation sites is 1. The Balaban J connectivity index is 1.19. The molecule has 0 bridgehead atoms. The van der Waals surface area contributed by atoms with Crippen LogP contribution in [0.25, 0.3) is 54.3 Å². The fourth-order valence-electron chi connectivity index (χ4n) is 11.5. The monoisotopic (exact) mass is 870 g/mol. The Morgan fingerprint density at radius 2 is 1.20 bits per heavy atom. The van der Waals surface area contributed by atoms with Crippen molar-refractivity contribution in [2.45, 2.75) is 71.6 Å². The van der Waals surface area contributed by atoms with Crippen LogP contribution in [0.15, 0.2) is 168 Å². The molecule has 1 aliphatic carbocycles. The van der Waals surface area contributed by atoms with E-state index in [0.29, 0.717) is 0 Å². The van der Waals surface area contributed by atoms with Crippen LogP contribution in [0.3, 0.4) is 0 Å². The van der Waals surface area contributed by atoms with Crippen molar-refractivity contribution in [1.82, 2.24) is 0 Å². The maximum Gasteiger partial charge on any atom is 0.264 e. The third-order valence-corrected chi connectivity index (χ3v) is 16.2. The maximum atomic E-state index is 6.62. The third kappa shape index (κ3) is 5.56. The molecule has 3 aliphatic rings. The van der Waals surface area contributed by atoms with Gasteiger partial charge in [-0.1, -0.05) is 159 Å². The van der Waals surface area contributed by atoms with E-state index in [4.69, 9.17) is 4.42 Å². The molecular weight excluding hydrogens is 820 g/mol. The van der Waals surface area contributed by atoms with Crippen LogP contribution in [0.4, 0.5) is 34.1 Å². The van der Waals surface area contributed by atoms with E-state index < -0.39 is 0 Å². The molecule has 2 aliphatic heterocycles. The molecule has 0 saturated heterocycles. The molecule has 0 atom stereocenters. The lowest BCUT2D eigenvalue weighted by atomic mass is 9.36. The first-order valence-corrected chi connectivity index (χ1v) is 24.3. The summed E-state index contributed by atoms with van der Waals surface area (Å²) in [6.45, 7) is 18.7. The van der Waals surface area contributed by atoms with Crippen LogP contribution in [0.1, 0.15) is 77.6 Å². The summed E-state index contributed by atoms with van der Waals surface area (Å²) in [5, 5.41) is 3.56. The van der Waals surface area contributed by atoms with Crippen LogP contribution in [0.5, 0.6) is 0 Å². The Morgan fingerprint density at radius 1 is 0.515 bits per heavy atom. The molecule has 0 amide bonds. The molecule has 5 heteroatoms. The van der Waals surface area contributed by atoms with E-state index in [9.17, 15) is 0 Å². The highest BCUT2D eigenvalue weighted by atomic mass is 32.1. The molecule has 320 valence electrons. The Kier molecular flexibility index (Phi) is 8.16. The summed E-state index contributed by atoms with van der Waals surface area (Å²) in [4.78, 5) is 5.20. The van der Waals surface area contributed by atoms with Gasteiger partial charge in [0.2, 0.25) is 0 Å². The van der Waals surface area contributed by atoms with Crippen molar-refractivity contribution < 1.29 is 4.42 Å². The van der Waals surface area contributed by atoms with Gasteiger partial charge in [-0.15, -0.1) is 11.3 Å². The van der Waals surface area contributed by atoms with E-state index in [0.717, 1.165) is 27.6 Å². The van der Waals surface area contributed by atoms with Crippen LogP contribution >= 0.6 is 11.3 Å². The average Bonchev–Trinajstić information content (AvgIpc) is 3.95. The molecule has 0 N–H and O–H groups in total. The molecule has 0 fully saturated rings. The lowest BCUT2D eigenvalue weighted by Crippen LogP contribution is -2.60. The quantitative estimate of drug-likeness (QED) is 0.165. The number of nitrogens with zero attached hydrogens (tertiary/aromatic N) is 2. The first-order chi connectivity index (χ1) is 31.8. The lowest BCUT2D eigenvalue weighted by molar-refractivity contribution is 0.590. The van der Waals surface area contributed by atoms with Gasteiger partial charge in [0, 0.05) is 48.4 Å². The summed E-state index contributed by atoms with van der Waals surface area (Å²) in [5.41, 5.74) is 22.0. The Morgan fingerprint density at radius 3 is 1.97 bits per heavy atom. The van der Waals surface area contributed by atoms with Crippen LogP contribution in [-0.2, 0) is 16.2 Å². The van der Waals surface area contributed by atoms with Crippen molar-refractivity contribution >= 4 is 99.9 Å². The van der Waals surface area contributed by atoms with E-state index >= 15 is 0 Å². The zero-order valence-electron chi connectivity index (χ0n) is 38.9. The summed E-state index contributed by atoms with van der Waals surface area (Å²) in [6.07, 6.45) is 0. The van der Waals surface area contributed by atoms with E-state index in [1.54, 1.807) is 0 Å². The minimum atomic E-state index is -0.106. The van der Waals surface area contributed by atoms with Gasteiger partial charge in [0.1, 0.15) is 11.2 Å². The van der Waals surface area contributed by atoms with Gasteiger partial charge >= 0.3 is 0 Å². The molecule has 3 nitrogen and oxygen atoms in total. The highest BCUT2D eigenvalue weighted by Crippen LogP contribution is 2.55. The van der Waals surface area contributed by atoms with Crippen molar-refractivity contribution in [3.05, 3.63) is 186 Å². The SMILES string of the molecule is CC(C)(C)c1ccc(N2c3cc(-c4ccccc4)cc4c3B(c3cc(C(C)(C)C)ccc3N4c3cccc4oc5ccccc5c34)c3sc4cc5c(cc4c32)-c2ccccc2C5(C)C)cc1. The van der Waals surface area contributed by atoms with Gasteiger partial charge < -0.3 is 14.2 Å². The highest BCUT2D eigenvalue weighted by Gasteiger charge is 2.47. The number of thiophene rings is 1. The Labute approximate surface area is 392 Å². The molecule has 0 radical (unpaired) electrons. The summed E-state index contributed by atoms with van der Waals surface area (Å²) in [7, 11) is 0.